The lowest BCUT2D eigenvalue weighted by atomic mass is 9.82. The van der Waals surface area contributed by atoms with Crippen LogP contribution in [0.3, 0.4) is 0 Å². The van der Waals surface area contributed by atoms with Gasteiger partial charge in [0.1, 0.15) is 5.69 Å². The number of H-pyrrole nitrogens is 2. The monoisotopic (exact) mass is 394 g/mol. The maximum absolute atomic E-state index is 12.8. The van der Waals surface area contributed by atoms with Crippen molar-refractivity contribution in [3.63, 3.8) is 0 Å². The first-order chi connectivity index (χ1) is 14.7. The van der Waals surface area contributed by atoms with Gasteiger partial charge in [0, 0.05) is 39.0 Å². The number of fused-ring (bicyclic) bond motifs is 2. The fraction of sp³-hybridized carbons (Fsp3) is 0.0800. The van der Waals surface area contributed by atoms with Gasteiger partial charge in [-0.15, -0.1) is 0 Å². The number of aromatic nitrogens is 2. The number of hydrogen-bond acceptors (Lipinski definition) is 2. The number of amides is 1. The maximum atomic E-state index is 12.8. The Morgan fingerprint density at radius 3 is 2.03 bits per heavy atom. The zero-order chi connectivity index (χ0) is 20.7. The number of aromatic amines is 2. The lowest BCUT2D eigenvalue weighted by molar-refractivity contribution is 0.0948. The fourth-order valence-electron chi connectivity index (χ4n) is 4.51. The van der Waals surface area contributed by atoms with E-state index in [1.165, 1.54) is 0 Å². The predicted octanol–water partition coefficient (Wildman–Crippen LogP) is 4.74. The number of carbonyl (C=O) groups is 1. The van der Waals surface area contributed by atoms with E-state index >= 15 is 0 Å². The van der Waals surface area contributed by atoms with Crippen molar-refractivity contribution < 1.29 is 4.79 Å². The fourth-order valence-corrected chi connectivity index (χ4v) is 4.51. The summed E-state index contributed by atoms with van der Waals surface area (Å²) in [5, 5.41) is 2.16. The van der Waals surface area contributed by atoms with Gasteiger partial charge in [-0.25, -0.2) is 5.84 Å². The van der Waals surface area contributed by atoms with E-state index in [-0.39, 0.29) is 11.8 Å². The van der Waals surface area contributed by atoms with Gasteiger partial charge in [-0.1, -0.05) is 66.7 Å². The summed E-state index contributed by atoms with van der Waals surface area (Å²) in [7, 11) is 0. The first kappa shape index (κ1) is 18.2. The van der Waals surface area contributed by atoms with E-state index in [4.69, 9.17) is 5.84 Å². The van der Waals surface area contributed by atoms with Gasteiger partial charge < -0.3 is 9.97 Å². The second-order valence-electron chi connectivity index (χ2n) is 7.49. The van der Waals surface area contributed by atoms with E-state index < -0.39 is 0 Å². The van der Waals surface area contributed by atoms with E-state index in [2.05, 4.69) is 52.6 Å². The Bertz CT molecular complexity index is 1360. The molecule has 0 aliphatic heterocycles. The van der Waals surface area contributed by atoms with Crippen LogP contribution in [0.15, 0.2) is 78.9 Å². The molecule has 5 aromatic rings. The predicted molar refractivity (Wildman–Crippen MR) is 120 cm³/mol. The quantitative estimate of drug-likeness (QED) is 0.202. The van der Waals surface area contributed by atoms with Crippen molar-refractivity contribution in [3.05, 3.63) is 107 Å². The number of hydrogen-bond donors (Lipinski definition) is 4. The molecule has 0 saturated carbocycles. The van der Waals surface area contributed by atoms with Gasteiger partial charge in [0.05, 0.1) is 0 Å². The molecule has 148 valence electrons. The number of aryl methyl sites for hydroxylation is 1. The Morgan fingerprint density at radius 1 is 0.800 bits per heavy atom. The Kier molecular flexibility index (Phi) is 4.38. The van der Waals surface area contributed by atoms with E-state index in [0.29, 0.717) is 5.69 Å². The van der Waals surface area contributed by atoms with E-state index in [1.54, 1.807) is 0 Å². The minimum absolute atomic E-state index is 0.147. The normalized spacial score (nSPS) is 12.3. The van der Waals surface area contributed by atoms with Crippen LogP contribution < -0.4 is 11.3 Å². The highest BCUT2D eigenvalue weighted by molar-refractivity contribution is 6.02. The Balaban J connectivity index is 1.90. The van der Waals surface area contributed by atoms with Crippen LogP contribution in [0.1, 0.15) is 38.8 Å². The summed E-state index contributed by atoms with van der Waals surface area (Å²) in [6, 6.07) is 26.6. The average molecular weight is 394 g/mol. The van der Waals surface area contributed by atoms with Crippen molar-refractivity contribution in [3.8, 4) is 0 Å². The molecule has 30 heavy (non-hydrogen) atoms. The molecule has 0 radical (unpaired) electrons. The largest absolute Gasteiger partial charge is 0.358 e. The number of rotatable bonds is 4. The van der Waals surface area contributed by atoms with Crippen LogP contribution in [-0.4, -0.2) is 15.9 Å². The molecule has 0 fully saturated rings. The minimum Gasteiger partial charge on any atom is -0.358 e. The molecule has 1 atom stereocenters. The number of nitrogens with two attached hydrogens (primary N) is 1. The van der Waals surface area contributed by atoms with E-state index in [0.717, 1.165) is 44.2 Å². The Morgan fingerprint density at radius 2 is 1.37 bits per heavy atom. The first-order valence-corrected chi connectivity index (χ1v) is 9.92. The molecule has 5 rings (SSSR count). The number of nitrogens with one attached hydrogen (secondary N) is 3. The number of para-hydroxylation sites is 2. The third kappa shape index (κ3) is 2.79. The molecule has 0 spiro atoms. The van der Waals surface area contributed by atoms with Gasteiger partial charge in [0.25, 0.3) is 5.91 Å². The van der Waals surface area contributed by atoms with Crippen molar-refractivity contribution in [2.75, 3.05) is 0 Å². The summed E-state index contributed by atoms with van der Waals surface area (Å²) < 4.78 is 0. The zero-order valence-electron chi connectivity index (χ0n) is 16.6. The van der Waals surface area contributed by atoms with Gasteiger partial charge in [-0.2, -0.15) is 0 Å². The lowest BCUT2D eigenvalue weighted by Gasteiger charge is -2.20. The van der Waals surface area contributed by atoms with Crippen molar-refractivity contribution in [1.82, 2.24) is 15.4 Å². The molecule has 0 bridgehead atoms. The van der Waals surface area contributed by atoms with Crippen LogP contribution in [0.4, 0.5) is 0 Å². The summed E-state index contributed by atoms with van der Waals surface area (Å²) in [6.45, 7) is 2.09. The molecular formula is C25H22N4O. The van der Waals surface area contributed by atoms with Crippen LogP contribution >= 0.6 is 0 Å². The van der Waals surface area contributed by atoms with Crippen molar-refractivity contribution in [2.24, 2.45) is 5.84 Å². The standard InChI is InChI=1S/C25H22N4O/c1-15-21(17-11-5-7-13-19(17)27-15)22(16-9-3-2-4-10-16)23-18-12-6-8-14-20(18)28-24(23)25(30)29-26/h2-14,22,27-28H,26H2,1H3,(H,29,30). The van der Waals surface area contributed by atoms with Gasteiger partial charge in [-0.3, -0.25) is 10.2 Å². The van der Waals surface area contributed by atoms with Crippen molar-refractivity contribution in [1.29, 1.82) is 0 Å². The molecule has 0 saturated heterocycles. The summed E-state index contributed by atoms with van der Waals surface area (Å²) in [6.07, 6.45) is 0. The molecule has 1 amide bonds. The zero-order valence-corrected chi connectivity index (χ0v) is 16.6. The molecule has 0 aliphatic carbocycles. The maximum Gasteiger partial charge on any atom is 0.281 e. The number of hydrazine groups is 1. The highest BCUT2D eigenvalue weighted by Crippen LogP contribution is 2.42. The summed E-state index contributed by atoms with van der Waals surface area (Å²) in [4.78, 5) is 19.6. The number of benzene rings is 3. The van der Waals surface area contributed by atoms with Gasteiger partial charge in [0.15, 0.2) is 0 Å². The van der Waals surface area contributed by atoms with Crippen molar-refractivity contribution in [2.45, 2.75) is 12.8 Å². The van der Waals surface area contributed by atoms with Crippen LogP contribution in [0.2, 0.25) is 0 Å². The van der Waals surface area contributed by atoms with Crippen molar-refractivity contribution >= 4 is 27.7 Å². The molecule has 5 heteroatoms. The highest BCUT2D eigenvalue weighted by Gasteiger charge is 2.30. The van der Waals surface area contributed by atoms with Gasteiger partial charge in [-0.05, 0) is 30.2 Å². The SMILES string of the molecule is Cc1[nH]c2ccccc2c1C(c1ccccc1)c1c(C(=O)NN)[nH]c2ccccc12. The smallest absolute Gasteiger partial charge is 0.281 e. The van der Waals surface area contributed by atoms with Crippen LogP contribution in [0, 0.1) is 6.92 Å². The van der Waals surface area contributed by atoms with Crippen LogP contribution in [0.5, 0.6) is 0 Å². The topological polar surface area (TPSA) is 86.7 Å². The molecule has 2 aromatic heterocycles. The molecule has 0 aliphatic rings. The number of carbonyl (C=O) groups excluding carboxylic acids is 1. The highest BCUT2D eigenvalue weighted by atomic mass is 16.2. The third-order valence-electron chi connectivity index (χ3n) is 5.76. The third-order valence-corrected chi connectivity index (χ3v) is 5.76. The summed E-state index contributed by atoms with van der Waals surface area (Å²) in [5.41, 5.74) is 9.05. The van der Waals surface area contributed by atoms with Crippen LogP contribution in [0.25, 0.3) is 21.8 Å². The first-order valence-electron chi connectivity index (χ1n) is 9.92. The second-order valence-corrected chi connectivity index (χ2v) is 7.49. The second kappa shape index (κ2) is 7.21. The molecule has 3 aromatic carbocycles. The van der Waals surface area contributed by atoms with E-state index in [9.17, 15) is 4.79 Å². The average Bonchev–Trinajstić information content (AvgIpc) is 3.33. The van der Waals surface area contributed by atoms with Gasteiger partial charge in [0.2, 0.25) is 0 Å². The lowest BCUT2D eigenvalue weighted by Crippen LogP contribution is -2.31. The summed E-state index contributed by atoms with van der Waals surface area (Å²) >= 11 is 0. The molecule has 1 unspecified atom stereocenters. The molecule has 5 N–H and O–H groups in total. The number of nitrogen functional groups attached to an aromatic ring is 1. The summed E-state index contributed by atoms with van der Waals surface area (Å²) in [5.74, 6) is 5.07. The molecule has 2 heterocycles. The molecular weight excluding hydrogens is 372 g/mol. The molecule has 5 nitrogen and oxygen atoms in total. The minimum atomic E-state index is -0.334. The van der Waals surface area contributed by atoms with E-state index in [1.807, 2.05) is 48.5 Å². The van der Waals surface area contributed by atoms with Gasteiger partial charge >= 0.3 is 0 Å². The Hall–Kier alpha value is -3.83. The van der Waals surface area contributed by atoms with Crippen LogP contribution in [-0.2, 0) is 0 Å². The Labute approximate surface area is 173 Å².